The summed E-state index contributed by atoms with van der Waals surface area (Å²) in [6.07, 6.45) is 3.85. The van der Waals surface area contributed by atoms with Gasteiger partial charge in [-0.15, -0.1) is 0 Å². The van der Waals surface area contributed by atoms with E-state index in [9.17, 15) is 14.9 Å². The van der Waals surface area contributed by atoms with E-state index in [1.54, 1.807) is 18.3 Å². The first-order valence-corrected chi connectivity index (χ1v) is 8.84. The summed E-state index contributed by atoms with van der Waals surface area (Å²) in [4.78, 5) is 29.7. The highest BCUT2D eigenvalue weighted by atomic mass is 16.6. The van der Waals surface area contributed by atoms with E-state index in [4.69, 9.17) is 4.74 Å². The first kappa shape index (κ1) is 18.1. The van der Waals surface area contributed by atoms with Crippen molar-refractivity contribution >= 4 is 28.1 Å². The second-order valence-electron chi connectivity index (χ2n) is 6.99. The lowest BCUT2D eigenvalue weighted by atomic mass is 9.76. The highest BCUT2D eigenvalue weighted by Crippen LogP contribution is 2.43. The molecule has 1 fully saturated rings. The number of hydrogen-bond donors (Lipinski definition) is 0. The first-order chi connectivity index (χ1) is 12.4. The van der Waals surface area contributed by atoms with Gasteiger partial charge in [0, 0.05) is 42.6 Å². The number of nitro benzene ring substituents is 1. The number of benzene rings is 1. The van der Waals surface area contributed by atoms with Crippen LogP contribution in [0.2, 0.25) is 0 Å². The molecule has 0 aliphatic carbocycles. The highest BCUT2D eigenvalue weighted by molar-refractivity contribution is 5.99. The molecule has 0 amide bonds. The Bertz CT molecular complexity index is 852. The maximum Gasteiger partial charge on any atom is 0.314 e. The fraction of sp³-hybridized carbons (Fsp3) is 0.474. The number of nitro groups is 1. The zero-order chi connectivity index (χ0) is 18.9. The number of pyridine rings is 1. The third-order valence-corrected chi connectivity index (χ3v) is 5.40. The van der Waals surface area contributed by atoms with E-state index in [0.29, 0.717) is 31.5 Å². The summed E-state index contributed by atoms with van der Waals surface area (Å²) in [5.41, 5.74) is 0.369. The Labute approximate surface area is 152 Å². The Balaban J connectivity index is 2.02. The summed E-state index contributed by atoms with van der Waals surface area (Å²) >= 11 is 0. The molecule has 0 spiro atoms. The number of non-ortho nitro benzene ring substituents is 1. The van der Waals surface area contributed by atoms with Gasteiger partial charge >= 0.3 is 5.97 Å². The molecule has 1 aromatic heterocycles. The number of rotatable bonds is 5. The van der Waals surface area contributed by atoms with Crippen LogP contribution in [0, 0.1) is 21.4 Å². The average Bonchev–Trinajstić information content (AvgIpc) is 3.07. The Morgan fingerprint density at radius 3 is 2.81 bits per heavy atom. The molecule has 138 valence electrons. The Morgan fingerprint density at radius 1 is 1.38 bits per heavy atom. The van der Waals surface area contributed by atoms with Crippen molar-refractivity contribution in [3.63, 3.8) is 0 Å². The van der Waals surface area contributed by atoms with Crippen molar-refractivity contribution < 1.29 is 14.5 Å². The van der Waals surface area contributed by atoms with E-state index in [2.05, 4.69) is 9.88 Å². The molecule has 26 heavy (non-hydrogen) atoms. The first-order valence-electron chi connectivity index (χ1n) is 8.84. The van der Waals surface area contributed by atoms with E-state index in [1.165, 1.54) is 12.3 Å². The highest BCUT2D eigenvalue weighted by Gasteiger charge is 2.48. The van der Waals surface area contributed by atoms with Crippen LogP contribution in [0.1, 0.15) is 27.2 Å². The molecule has 7 nitrogen and oxygen atoms in total. The van der Waals surface area contributed by atoms with Gasteiger partial charge in [-0.05, 0) is 31.4 Å². The van der Waals surface area contributed by atoms with Crippen molar-refractivity contribution in [1.29, 1.82) is 0 Å². The van der Waals surface area contributed by atoms with Gasteiger partial charge < -0.3 is 9.64 Å². The van der Waals surface area contributed by atoms with E-state index in [1.807, 2.05) is 20.8 Å². The second kappa shape index (κ2) is 6.90. The van der Waals surface area contributed by atoms with Gasteiger partial charge in [-0.1, -0.05) is 13.8 Å². The van der Waals surface area contributed by atoms with Crippen molar-refractivity contribution in [2.24, 2.45) is 11.3 Å². The van der Waals surface area contributed by atoms with Crippen LogP contribution in [0.15, 0.2) is 30.6 Å². The second-order valence-corrected chi connectivity index (χ2v) is 6.99. The molecular weight excluding hydrogens is 334 g/mol. The van der Waals surface area contributed by atoms with Crippen molar-refractivity contribution in [3.8, 4) is 0 Å². The van der Waals surface area contributed by atoms with Gasteiger partial charge in [-0.25, -0.2) is 0 Å². The van der Waals surface area contributed by atoms with Crippen LogP contribution >= 0.6 is 0 Å². The van der Waals surface area contributed by atoms with Crippen LogP contribution in [-0.4, -0.2) is 35.6 Å². The standard InChI is InChI=1S/C19H23N3O4/c1-4-26-18(23)19(13(2)3)8-10-21(12-19)16-5-6-17(22(24)25)15-11-20-9-7-14(15)16/h5-7,9,11,13H,4,8,10,12H2,1-3H3. The van der Waals surface area contributed by atoms with Crippen LogP contribution in [-0.2, 0) is 9.53 Å². The third kappa shape index (κ3) is 2.87. The normalized spacial score (nSPS) is 19.9. The van der Waals surface area contributed by atoms with E-state index in [0.717, 1.165) is 11.1 Å². The number of fused-ring (bicyclic) bond motifs is 1. The summed E-state index contributed by atoms with van der Waals surface area (Å²) < 4.78 is 5.35. The van der Waals surface area contributed by atoms with Crippen molar-refractivity contribution in [1.82, 2.24) is 4.98 Å². The molecule has 1 saturated heterocycles. The molecule has 7 heteroatoms. The smallest absolute Gasteiger partial charge is 0.314 e. The molecular formula is C19H23N3O4. The molecule has 0 N–H and O–H groups in total. The van der Waals surface area contributed by atoms with Crippen molar-refractivity contribution in [2.75, 3.05) is 24.6 Å². The van der Waals surface area contributed by atoms with Gasteiger partial charge in [0.25, 0.3) is 5.69 Å². The van der Waals surface area contributed by atoms with Crippen LogP contribution in [0.3, 0.4) is 0 Å². The summed E-state index contributed by atoms with van der Waals surface area (Å²) in [6, 6.07) is 5.07. The molecule has 0 radical (unpaired) electrons. The predicted molar refractivity (Wildman–Crippen MR) is 99.1 cm³/mol. The van der Waals surface area contributed by atoms with Gasteiger partial charge in [-0.2, -0.15) is 0 Å². The monoisotopic (exact) mass is 357 g/mol. The van der Waals surface area contributed by atoms with Gasteiger partial charge in [0.05, 0.1) is 22.3 Å². The SMILES string of the molecule is CCOC(=O)C1(C(C)C)CCN(c2ccc([N+](=O)[O-])c3cnccc23)C1. The summed E-state index contributed by atoms with van der Waals surface area (Å²) in [5, 5.41) is 12.6. The molecule has 2 aromatic rings. The van der Waals surface area contributed by atoms with Crippen molar-refractivity contribution in [2.45, 2.75) is 27.2 Å². The average molecular weight is 357 g/mol. The molecule has 0 saturated carbocycles. The van der Waals surface area contributed by atoms with E-state index in [-0.39, 0.29) is 17.6 Å². The van der Waals surface area contributed by atoms with Crippen LogP contribution in [0.25, 0.3) is 10.8 Å². The van der Waals surface area contributed by atoms with Gasteiger partial charge in [0.15, 0.2) is 0 Å². The number of hydrogen-bond acceptors (Lipinski definition) is 6. The number of ether oxygens (including phenoxy) is 1. The number of carbonyl (C=O) groups excluding carboxylic acids is 1. The van der Waals surface area contributed by atoms with Gasteiger partial charge in [-0.3, -0.25) is 19.9 Å². The van der Waals surface area contributed by atoms with E-state index < -0.39 is 10.3 Å². The molecule has 0 bridgehead atoms. The Morgan fingerprint density at radius 2 is 2.15 bits per heavy atom. The summed E-state index contributed by atoms with van der Waals surface area (Å²) in [6.45, 7) is 7.50. The third-order valence-electron chi connectivity index (χ3n) is 5.40. The molecule has 2 heterocycles. The molecule has 1 aliphatic heterocycles. The zero-order valence-electron chi connectivity index (χ0n) is 15.3. The number of aromatic nitrogens is 1. The molecule has 1 unspecified atom stereocenters. The molecule has 3 rings (SSSR count). The number of anilines is 1. The van der Waals surface area contributed by atoms with Gasteiger partial charge in [0.2, 0.25) is 0 Å². The van der Waals surface area contributed by atoms with Crippen LogP contribution in [0.4, 0.5) is 11.4 Å². The number of nitrogens with zero attached hydrogens (tertiary/aromatic N) is 3. The maximum absolute atomic E-state index is 12.6. The maximum atomic E-state index is 12.6. The fourth-order valence-electron chi connectivity index (χ4n) is 3.78. The predicted octanol–water partition coefficient (Wildman–Crippen LogP) is 3.56. The minimum absolute atomic E-state index is 0.0385. The quantitative estimate of drug-likeness (QED) is 0.462. The zero-order valence-corrected chi connectivity index (χ0v) is 15.3. The summed E-state index contributed by atoms with van der Waals surface area (Å²) in [5.74, 6) is -0.0251. The largest absolute Gasteiger partial charge is 0.466 e. The summed E-state index contributed by atoms with van der Waals surface area (Å²) in [7, 11) is 0. The topological polar surface area (TPSA) is 85.6 Å². The fourth-order valence-corrected chi connectivity index (χ4v) is 3.78. The Kier molecular flexibility index (Phi) is 4.80. The minimum atomic E-state index is -0.558. The van der Waals surface area contributed by atoms with Crippen molar-refractivity contribution in [3.05, 3.63) is 40.7 Å². The molecule has 1 atom stereocenters. The number of esters is 1. The molecule has 1 aliphatic rings. The Hall–Kier alpha value is -2.70. The number of carbonyl (C=O) groups is 1. The van der Waals surface area contributed by atoms with Crippen LogP contribution < -0.4 is 4.90 Å². The van der Waals surface area contributed by atoms with Crippen LogP contribution in [0.5, 0.6) is 0 Å². The minimum Gasteiger partial charge on any atom is -0.466 e. The van der Waals surface area contributed by atoms with Gasteiger partial charge in [0.1, 0.15) is 0 Å². The van der Waals surface area contributed by atoms with E-state index >= 15 is 0 Å². The lowest BCUT2D eigenvalue weighted by molar-refractivity contribution is -0.383. The lowest BCUT2D eigenvalue weighted by Crippen LogP contribution is -2.40. The molecule has 1 aromatic carbocycles. The lowest BCUT2D eigenvalue weighted by Gasteiger charge is -2.31.